The molecule has 1 amide bonds. The van der Waals surface area contributed by atoms with Crippen molar-refractivity contribution in [1.82, 2.24) is 10.3 Å². The average molecular weight is 266 g/mol. The molecule has 0 aromatic carbocycles. The second-order valence-corrected chi connectivity index (χ2v) is 4.16. The van der Waals surface area contributed by atoms with Crippen LogP contribution in [-0.4, -0.2) is 43.7 Å². The molecule has 6 heteroatoms. The van der Waals surface area contributed by atoms with E-state index >= 15 is 0 Å². The smallest absolute Gasteiger partial charge is 0.269 e. The largest absolute Gasteiger partial charge is 0.383 e. The van der Waals surface area contributed by atoms with Crippen molar-refractivity contribution in [2.45, 2.75) is 19.4 Å². The summed E-state index contributed by atoms with van der Waals surface area (Å²) in [5, 5.41) is 6.01. The fourth-order valence-electron chi connectivity index (χ4n) is 1.73. The fourth-order valence-corrected chi connectivity index (χ4v) is 1.73. The Hall–Kier alpha value is -1.66. The van der Waals surface area contributed by atoms with Crippen LogP contribution in [0.15, 0.2) is 18.3 Å². The van der Waals surface area contributed by atoms with Crippen LogP contribution < -0.4 is 16.4 Å². The number of ether oxygens (including phenoxy) is 1. The lowest BCUT2D eigenvalue weighted by Gasteiger charge is -2.18. The molecule has 1 unspecified atom stereocenters. The molecule has 0 aliphatic rings. The molecule has 19 heavy (non-hydrogen) atoms. The molecular weight excluding hydrogens is 244 g/mol. The van der Waals surface area contributed by atoms with Gasteiger partial charge in [0.1, 0.15) is 5.69 Å². The molecule has 6 nitrogen and oxygen atoms in total. The van der Waals surface area contributed by atoms with Gasteiger partial charge in [0.05, 0.1) is 12.6 Å². The maximum absolute atomic E-state index is 11.7. The first-order valence-corrected chi connectivity index (χ1v) is 6.41. The zero-order chi connectivity index (χ0) is 14.1. The first-order chi connectivity index (χ1) is 9.21. The summed E-state index contributed by atoms with van der Waals surface area (Å²) in [6.45, 7) is 3.60. The standard InChI is InChI=1S/C13H22N4O2/c1-3-15-13(18)12-8-10(5-7-16-12)17-11(4-6-14)9-19-2/h5,7-8,11H,3-4,6,9,14H2,1-2H3,(H,15,18)(H,16,17). The number of hydrogen-bond donors (Lipinski definition) is 3. The van der Waals surface area contributed by atoms with Gasteiger partial charge in [-0.15, -0.1) is 0 Å². The average Bonchev–Trinajstić information content (AvgIpc) is 2.40. The van der Waals surface area contributed by atoms with Gasteiger partial charge in [-0.25, -0.2) is 0 Å². The van der Waals surface area contributed by atoms with Gasteiger partial charge in [-0.1, -0.05) is 0 Å². The zero-order valence-electron chi connectivity index (χ0n) is 11.5. The van der Waals surface area contributed by atoms with Crippen LogP contribution in [0.3, 0.4) is 0 Å². The van der Waals surface area contributed by atoms with Crippen molar-refractivity contribution in [3.8, 4) is 0 Å². The van der Waals surface area contributed by atoms with Gasteiger partial charge >= 0.3 is 0 Å². The molecule has 1 aromatic heterocycles. The molecule has 0 fully saturated rings. The lowest BCUT2D eigenvalue weighted by Crippen LogP contribution is -2.28. The predicted octanol–water partition coefficient (Wildman–Crippen LogP) is 0.607. The van der Waals surface area contributed by atoms with Crippen molar-refractivity contribution < 1.29 is 9.53 Å². The Morgan fingerprint density at radius 1 is 1.58 bits per heavy atom. The number of pyridine rings is 1. The molecule has 1 aromatic rings. The summed E-state index contributed by atoms with van der Waals surface area (Å²) in [5.74, 6) is -0.173. The van der Waals surface area contributed by atoms with Gasteiger partial charge in [0.2, 0.25) is 0 Å². The molecule has 1 heterocycles. The molecule has 0 saturated heterocycles. The Bertz CT molecular complexity index is 392. The predicted molar refractivity (Wildman–Crippen MR) is 75.2 cm³/mol. The molecule has 1 atom stereocenters. The van der Waals surface area contributed by atoms with E-state index in [1.165, 1.54) is 0 Å². The number of nitrogens with zero attached hydrogens (tertiary/aromatic N) is 1. The van der Waals surface area contributed by atoms with Crippen molar-refractivity contribution in [2.75, 3.05) is 32.1 Å². The Morgan fingerprint density at radius 3 is 3.00 bits per heavy atom. The van der Waals surface area contributed by atoms with Crippen molar-refractivity contribution in [2.24, 2.45) is 5.73 Å². The number of nitrogens with two attached hydrogens (primary N) is 1. The fraction of sp³-hybridized carbons (Fsp3) is 0.538. The van der Waals surface area contributed by atoms with E-state index in [-0.39, 0.29) is 11.9 Å². The maximum atomic E-state index is 11.7. The van der Waals surface area contributed by atoms with Crippen LogP contribution in [-0.2, 0) is 4.74 Å². The highest BCUT2D eigenvalue weighted by molar-refractivity contribution is 5.93. The monoisotopic (exact) mass is 266 g/mol. The number of carbonyl (C=O) groups is 1. The van der Waals surface area contributed by atoms with Crippen molar-refractivity contribution in [3.05, 3.63) is 24.0 Å². The van der Waals surface area contributed by atoms with E-state index in [0.29, 0.717) is 25.4 Å². The highest BCUT2D eigenvalue weighted by Gasteiger charge is 2.10. The van der Waals surface area contributed by atoms with Crippen LogP contribution in [0, 0.1) is 0 Å². The SMILES string of the molecule is CCNC(=O)c1cc(NC(CCN)COC)ccn1. The number of aromatic nitrogens is 1. The Kier molecular flexibility index (Phi) is 6.84. The molecule has 106 valence electrons. The molecule has 0 spiro atoms. The summed E-state index contributed by atoms with van der Waals surface area (Å²) in [6.07, 6.45) is 2.41. The Morgan fingerprint density at radius 2 is 2.37 bits per heavy atom. The van der Waals surface area contributed by atoms with Gasteiger partial charge in [0.25, 0.3) is 5.91 Å². The molecule has 4 N–H and O–H groups in total. The number of hydrogen-bond acceptors (Lipinski definition) is 5. The number of rotatable bonds is 8. The lowest BCUT2D eigenvalue weighted by molar-refractivity contribution is 0.0951. The second kappa shape index (κ2) is 8.44. The third-order valence-corrected chi connectivity index (χ3v) is 2.58. The maximum Gasteiger partial charge on any atom is 0.269 e. The minimum atomic E-state index is -0.173. The topological polar surface area (TPSA) is 89.3 Å². The van der Waals surface area contributed by atoms with Gasteiger partial charge in [0.15, 0.2) is 0 Å². The van der Waals surface area contributed by atoms with Crippen LogP contribution in [0.25, 0.3) is 0 Å². The van der Waals surface area contributed by atoms with E-state index in [1.54, 1.807) is 19.4 Å². The molecule has 0 saturated carbocycles. The third-order valence-electron chi connectivity index (χ3n) is 2.58. The highest BCUT2D eigenvalue weighted by atomic mass is 16.5. The quantitative estimate of drug-likeness (QED) is 0.641. The summed E-state index contributed by atoms with van der Waals surface area (Å²) in [7, 11) is 1.65. The van der Waals surface area contributed by atoms with Crippen LogP contribution in [0.1, 0.15) is 23.8 Å². The molecule has 0 aliphatic carbocycles. The molecular formula is C13H22N4O2. The van der Waals surface area contributed by atoms with E-state index in [1.807, 2.05) is 13.0 Å². The van der Waals surface area contributed by atoms with E-state index in [4.69, 9.17) is 10.5 Å². The summed E-state index contributed by atoms with van der Waals surface area (Å²) in [5.41, 5.74) is 6.80. The Balaban J connectivity index is 2.72. The number of anilines is 1. The van der Waals surface area contributed by atoms with Gasteiger partial charge < -0.3 is 21.1 Å². The number of nitrogens with one attached hydrogen (secondary N) is 2. The van der Waals surface area contributed by atoms with E-state index in [2.05, 4.69) is 15.6 Å². The normalized spacial score (nSPS) is 11.9. The van der Waals surface area contributed by atoms with E-state index in [0.717, 1.165) is 12.1 Å². The van der Waals surface area contributed by atoms with E-state index in [9.17, 15) is 4.79 Å². The highest BCUT2D eigenvalue weighted by Crippen LogP contribution is 2.11. The summed E-state index contributed by atoms with van der Waals surface area (Å²) in [6, 6.07) is 3.67. The van der Waals surface area contributed by atoms with Crippen LogP contribution >= 0.6 is 0 Å². The summed E-state index contributed by atoms with van der Waals surface area (Å²) >= 11 is 0. The number of amides is 1. The minimum absolute atomic E-state index is 0.125. The van der Waals surface area contributed by atoms with Gasteiger partial charge in [-0.2, -0.15) is 0 Å². The minimum Gasteiger partial charge on any atom is -0.383 e. The third kappa shape index (κ3) is 5.23. The first-order valence-electron chi connectivity index (χ1n) is 6.41. The zero-order valence-corrected chi connectivity index (χ0v) is 11.5. The van der Waals surface area contributed by atoms with E-state index < -0.39 is 0 Å². The molecule has 1 rings (SSSR count). The van der Waals surface area contributed by atoms with Crippen molar-refractivity contribution in [1.29, 1.82) is 0 Å². The second-order valence-electron chi connectivity index (χ2n) is 4.16. The van der Waals surface area contributed by atoms with Gasteiger partial charge in [0, 0.05) is 25.5 Å². The van der Waals surface area contributed by atoms with Gasteiger partial charge in [-0.3, -0.25) is 9.78 Å². The molecule has 0 aliphatic heterocycles. The Labute approximate surface area is 113 Å². The summed E-state index contributed by atoms with van der Waals surface area (Å²) < 4.78 is 5.13. The summed E-state index contributed by atoms with van der Waals surface area (Å²) in [4.78, 5) is 15.7. The van der Waals surface area contributed by atoms with Gasteiger partial charge in [-0.05, 0) is 32.0 Å². The van der Waals surface area contributed by atoms with Crippen molar-refractivity contribution >= 4 is 11.6 Å². The number of methoxy groups -OCH3 is 1. The molecule has 0 radical (unpaired) electrons. The van der Waals surface area contributed by atoms with Crippen LogP contribution in [0.5, 0.6) is 0 Å². The number of carbonyl (C=O) groups excluding carboxylic acids is 1. The van der Waals surface area contributed by atoms with Crippen LogP contribution in [0.2, 0.25) is 0 Å². The van der Waals surface area contributed by atoms with Crippen molar-refractivity contribution in [3.63, 3.8) is 0 Å². The lowest BCUT2D eigenvalue weighted by atomic mass is 10.2. The van der Waals surface area contributed by atoms with Crippen LogP contribution in [0.4, 0.5) is 5.69 Å². The molecule has 0 bridgehead atoms. The first kappa shape index (κ1) is 15.4.